The van der Waals surface area contributed by atoms with E-state index in [1.165, 1.54) is 0 Å². The number of halogens is 3. The minimum Gasteiger partial charge on any atom is -0.0894 e. The maximum atomic E-state index is 5.12. The van der Waals surface area contributed by atoms with E-state index in [1.807, 2.05) is 0 Å². The summed E-state index contributed by atoms with van der Waals surface area (Å²) in [6, 6.07) is 0. The van der Waals surface area contributed by atoms with E-state index >= 15 is 0 Å². The Morgan fingerprint density at radius 2 is 1.40 bits per heavy atom. The van der Waals surface area contributed by atoms with Gasteiger partial charge in [0, 0.05) is 1.43 Å². The summed E-state index contributed by atoms with van der Waals surface area (Å²) in [7, 11) is 0.604. The lowest BCUT2D eigenvalue weighted by atomic mass is 11.8. The molecule has 0 aliphatic heterocycles. The zero-order valence-electron chi connectivity index (χ0n) is 2.63. The van der Waals surface area contributed by atoms with Gasteiger partial charge in [-0.2, -0.15) is 0 Å². The third kappa shape index (κ3) is 41.0. The van der Waals surface area contributed by atoms with Crippen LogP contribution in [0.3, 0.4) is 0 Å². The molecule has 4 heteroatoms. The first-order chi connectivity index (χ1) is 2.00. The Labute approximate surface area is 50.3 Å². The average molecular weight is 151 g/mol. The van der Waals surface area contributed by atoms with Crippen molar-refractivity contribution in [3.63, 3.8) is 0 Å². The van der Waals surface area contributed by atoms with Crippen LogP contribution < -0.4 is 0 Å². The second-order valence-corrected chi connectivity index (χ2v) is 7.03. The van der Waals surface area contributed by atoms with Gasteiger partial charge in [0.2, 0.25) is 0 Å². The van der Waals surface area contributed by atoms with Gasteiger partial charge >= 0.3 is 0 Å². The molecule has 5 heavy (non-hydrogen) atoms. The zero-order valence-corrected chi connectivity index (χ0v) is 6.90. The lowest BCUT2D eigenvalue weighted by molar-refractivity contribution is 1.75. The highest BCUT2D eigenvalue weighted by Crippen LogP contribution is 2.19. The molecule has 0 N–H and O–H groups in total. The molecule has 0 aromatic carbocycles. The summed E-state index contributed by atoms with van der Waals surface area (Å²) in [6.07, 6.45) is 0. The zero-order chi connectivity index (χ0) is 4.50. The second kappa shape index (κ2) is 1.69. The highest BCUT2D eigenvalue weighted by molar-refractivity contribution is 6.81. The average Bonchev–Trinajstić information content (AvgIpc) is 0.722. The molecule has 0 aromatic heterocycles. The fourth-order valence-corrected chi connectivity index (χ4v) is 0. The Hall–Kier alpha value is 1.09. The van der Waals surface area contributed by atoms with Crippen molar-refractivity contribution >= 4 is 45.0 Å². The van der Waals surface area contributed by atoms with Crippen molar-refractivity contribution in [3.8, 4) is 0 Å². The molecule has 0 radical (unpaired) electrons. The Morgan fingerprint density at radius 1 is 1.40 bits per heavy atom. The number of alkyl halides is 3. The van der Waals surface area contributed by atoms with Crippen LogP contribution in [0.15, 0.2) is 0 Å². The lowest BCUT2D eigenvalue weighted by Gasteiger charge is -1.94. The first-order valence-corrected chi connectivity index (χ1v) is 3.20. The van der Waals surface area contributed by atoms with Gasteiger partial charge in [-0.3, -0.25) is 0 Å². The fraction of sp³-hybridized carbons (Fsp3) is 1.00. The van der Waals surface area contributed by atoms with Crippen LogP contribution in [-0.2, 0) is 0 Å². The predicted octanol–water partition coefficient (Wildman–Crippen LogP) is 0.925. The number of hydrogen-bond acceptors (Lipinski definition) is 0. The molecule has 0 heterocycles. The molecule has 0 amide bonds. The van der Waals surface area contributed by atoms with E-state index < -0.39 is 3.42 Å². The third-order valence-corrected chi connectivity index (χ3v) is 0. The van der Waals surface area contributed by atoms with E-state index in [9.17, 15) is 0 Å². The van der Waals surface area contributed by atoms with Gasteiger partial charge in [-0.05, 0) is 0 Å². The van der Waals surface area contributed by atoms with Crippen LogP contribution in [0.2, 0.25) is 0 Å². The Morgan fingerprint density at radius 3 is 1.40 bits per heavy atom. The number of hydrogen-bond donors (Lipinski definition) is 0. The SMILES string of the molecule is [HH].[SiH3]C(Cl)(Cl)Cl. The monoisotopic (exact) mass is 150 g/mol. The Balaban J connectivity index is 0. The highest BCUT2D eigenvalue weighted by atomic mass is 35.6. The molecule has 0 bridgehead atoms. The standard InChI is InChI=1S/CH3Cl3Si.H2/c2-1(3,4)5;/h5H3;1H. The van der Waals surface area contributed by atoms with Crippen molar-refractivity contribution in [1.29, 1.82) is 0 Å². The van der Waals surface area contributed by atoms with Crippen LogP contribution in [0.5, 0.6) is 0 Å². The van der Waals surface area contributed by atoms with E-state index in [0.29, 0.717) is 10.2 Å². The largest absolute Gasteiger partial charge is 0.166 e. The van der Waals surface area contributed by atoms with Gasteiger partial charge in [-0.1, -0.05) is 34.8 Å². The van der Waals surface area contributed by atoms with Gasteiger partial charge in [-0.25, -0.2) is 0 Å². The molecule has 0 unspecified atom stereocenters. The van der Waals surface area contributed by atoms with E-state index in [1.54, 1.807) is 0 Å². The van der Waals surface area contributed by atoms with Gasteiger partial charge in [0.25, 0.3) is 0 Å². The van der Waals surface area contributed by atoms with E-state index in [4.69, 9.17) is 34.8 Å². The first kappa shape index (κ1) is 6.09. The van der Waals surface area contributed by atoms with Crippen LogP contribution in [0.1, 0.15) is 1.43 Å². The van der Waals surface area contributed by atoms with Crippen LogP contribution >= 0.6 is 34.8 Å². The van der Waals surface area contributed by atoms with Crippen molar-refractivity contribution in [2.24, 2.45) is 0 Å². The fourth-order valence-electron chi connectivity index (χ4n) is 0. The molecular formula is CH5Cl3Si. The summed E-state index contributed by atoms with van der Waals surface area (Å²) >= 11 is 15.4. The summed E-state index contributed by atoms with van der Waals surface area (Å²) in [5.74, 6) is 0. The van der Waals surface area contributed by atoms with Gasteiger partial charge in [-0.15, -0.1) is 0 Å². The van der Waals surface area contributed by atoms with Crippen molar-refractivity contribution in [2.75, 3.05) is 0 Å². The van der Waals surface area contributed by atoms with Gasteiger partial charge < -0.3 is 0 Å². The molecule has 0 fully saturated rings. The van der Waals surface area contributed by atoms with Gasteiger partial charge in [0.1, 0.15) is 0 Å². The minimum absolute atomic E-state index is 0. The second-order valence-electron chi connectivity index (χ2n) is 0.781. The van der Waals surface area contributed by atoms with E-state index in [0.717, 1.165) is 0 Å². The molecular weight excluding hydrogens is 146 g/mol. The summed E-state index contributed by atoms with van der Waals surface area (Å²) in [5, 5.41) is 0. The summed E-state index contributed by atoms with van der Waals surface area (Å²) in [6.45, 7) is 0. The van der Waals surface area contributed by atoms with Crippen molar-refractivity contribution in [1.82, 2.24) is 0 Å². The van der Waals surface area contributed by atoms with E-state index in [-0.39, 0.29) is 1.43 Å². The molecule has 34 valence electrons. The molecule has 0 aromatic rings. The molecule has 0 atom stereocenters. The minimum atomic E-state index is -0.944. The molecule has 0 saturated heterocycles. The van der Waals surface area contributed by atoms with E-state index in [2.05, 4.69) is 0 Å². The lowest BCUT2D eigenvalue weighted by Crippen LogP contribution is -1.96. The maximum Gasteiger partial charge on any atom is 0.166 e. The molecule has 0 saturated carbocycles. The quantitative estimate of drug-likeness (QED) is 0.357. The first-order valence-electron chi connectivity index (χ1n) is 1.07. The van der Waals surface area contributed by atoms with Crippen molar-refractivity contribution in [2.45, 2.75) is 3.42 Å². The summed E-state index contributed by atoms with van der Waals surface area (Å²) in [4.78, 5) is 0. The molecule has 0 nitrogen and oxygen atoms in total. The van der Waals surface area contributed by atoms with Crippen LogP contribution in [-0.4, -0.2) is 13.7 Å². The summed E-state index contributed by atoms with van der Waals surface area (Å²) < 4.78 is -0.944. The summed E-state index contributed by atoms with van der Waals surface area (Å²) in [5.41, 5.74) is 0. The molecule has 0 aliphatic carbocycles. The number of rotatable bonds is 0. The maximum absolute atomic E-state index is 5.12. The normalized spacial score (nSPS) is 12.6. The van der Waals surface area contributed by atoms with Gasteiger partial charge in [0.05, 0.1) is 10.2 Å². The van der Waals surface area contributed by atoms with Crippen LogP contribution in [0, 0.1) is 0 Å². The topological polar surface area (TPSA) is 0 Å². The van der Waals surface area contributed by atoms with Crippen LogP contribution in [0.25, 0.3) is 0 Å². The van der Waals surface area contributed by atoms with Crippen molar-refractivity contribution < 1.29 is 1.43 Å². The Kier molecular flexibility index (Phi) is 2.06. The Bertz CT molecular complexity index is 26.3. The van der Waals surface area contributed by atoms with Gasteiger partial charge in [0.15, 0.2) is 3.42 Å². The van der Waals surface area contributed by atoms with Crippen molar-refractivity contribution in [3.05, 3.63) is 0 Å². The predicted molar refractivity (Wildman–Crippen MR) is 32.3 cm³/mol. The molecule has 0 aliphatic rings. The smallest absolute Gasteiger partial charge is 0.0894 e. The third-order valence-electron chi connectivity index (χ3n) is 0. The van der Waals surface area contributed by atoms with Crippen LogP contribution in [0.4, 0.5) is 0 Å². The highest BCUT2D eigenvalue weighted by Gasteiger charge is 2.06. The molecule has 0 rings (SSSR count). The molecule has 0 spiro atoms.